The topological polar surface area (TPSA) is 117 Å². The molecule has 112 valence electrons. The number of hydrogen-bond donors (Lipinski definition) is 3. The second kappa shape index (κ2) is 6.36. The van der Waals surface area contributed by atoms with Gasteiger partial charge in [-0.15, -0.1) is 0 Å². The van der Waals surface area contributed by atoms with Crippen molar-refractivity contribution in [3.8, 4) is 0 Å². The Morgan fingerprint density at radius 1 is 1.40 bits per heavy atom. The summed E-state index contributed by atoms with van der Waals surface area (Å²) in [6.45, 7) is 7.21. The van der Waals surface area contributed by atoms with E-state index in [1.807, 2.05) is 0 Å². The molecule has 0 aliphatic carbocycles. The first-order valence-corrected chi connectivity index (χ1v) is 6.26. The molecule has 0 unspecified atom stereocenters. The molecule has 0 fully saturated rings. The van der Waals surface area contributed by atoms with E-state index < -0.39 is 23.5 Å². The lowest BCUT2D eigenvalue weighted by Gasteiger charge is -2.27. The Bertz CT molecular complexity index is 478. The van der Waals surface area contributed by atoms with Crippen LogP contribution in [0.1, 0.15) is 32.5 Å². The third kappa shape index (κ3) is 4.87. The van der Waals surface area contributed by atoms with E-state index in [-0.39, 0.29) is 6.54 Å². The number of rotatable bonds is 5. The predicted molar refractivity (Wildman–Crippen MR) is 70.2 cm³/mol. The van der Waals surface area contributed by atoms with Crippen LogP contribution in [0.15, 0.2) is 4.52 Å². The minimum Gasteiger partial charge on any atom is -0.480 e. The Kier molecular flexibility index (Phi) is 5.06. The maximum Gasteiger partial charge on any atom is 0.326 e. The minimum absolute atomic E-state index is 0.282. The first kappa shape index (κ1) is 15.9. The summed E-state index contributed by atoms with van der Waals surface area (Å²) in [5, 5.41) is 17.7. The molecule has 8 heteroatoms. The van der Waals surface area contributed by atoms with E-state index in [1.54, 1.807) is 27.7 Å². The molecule has 8 nitrogen and oxygen atoms in total. The van der Waals surface area contributed by atoms with Crippen LogP contribution < -0.4 is 10.6 Å². The number of carbonyl (C=O) groups is 2. The number of urea groups is 1. The van der Waals surface area contributed by atoms with Crippen molar-refractivity contribution in [1.29, 1.82) is 0 Å². The number of carboxylic acid groups (broad SMARTS) is 1. The quantitative estimate of drug-likeness (QED) is 0.733. The highest BCUT2D eigenvalue weighted by molar-refractivity contribution is 5.83. The number of aryl methyl sites for hydroxylation is 1. The maximum absolute atomic E-state index is 11.6. The lowest BCUT2D eigenvalue weighted by atomic mass is 9.87. The van der Waals surface area contributed by atoms with Gasteiger partial charge in [0, 0.05) is 13.0 Å². The monoisotopic (exact) mass is 284 g/mol. The third-order valence-electron chi connectivity index (χ3n) is 2.58. The molecule has 1 aromatic rings. The smallest absolute Gasteiger partial charge is 0.326 e. The molecule has 0 saturated heterocycles. The van der Waals surface area contributed by atoms with Crippen LogP contribution in [0.3, 0.4) is 0 Å². The molecule has 1 heterocycles. The fourth-order valence-corrected chi connectivity index (χ4v) is 1.56. The summed E-state index contributed by atoms with van der Waals surface area (Å²) < 4.78 is 4.89. The number of aliphatic carboxylic acids is 1. The fourth-order valence-electron chi connectivity index (χ4n) is 1.56. The van der Waals surface area contributed by atoms with E-state index in [9.17, 15) is 9.59 Å². The lowest BCUT2D eigenvalue weighted by Crippen LogP contribution is -2.52. The first-order chi connectivity index (χ1) is 9.20. The largest absolute Gasteiger partial charge is 0.480 e. The Morgan fingerprint density at radius 2 is 2.05 bits per heavy atom. The van der Waals surface area contributed by atoms with Gasteiger partial charge in [0.05, 0.1) is 0 Å². The summed E-state index contributed by atoms with van der Waals surface area (Å²) in [4.78, 5) is 26.7. The van der Waals surface area contributed by atoms with Gasteiger partial charge in [0.2, 0.25) is 5.89 Å². The molecule has 0 aromatic carbocycles. The molecule has 1 atom stereocenters. The first-order valence-electron chi connectivity index (χ1n) is 6.26. The van der Waals surface area contributed by atoms with Gasteiger partial charge in [0.15, 0.2) is 5.82 Å². The average molecular weight is 284 g/mol. The van der Waals surface area contributed by atoms with Crippen molar-refractivity contribution in [2.75, 3.05) is 6.54 Å². The van der Waals surface area contributed by atoms with Gasteiger partial charge in [-0.3, -0.25) is 0 Å². The van der Waals surface area contributed by atoms with Crippen LogP contribution >= 0.6 is 0 Å². The van der Waals surface area contributed by atoms with E-state index in [0.717, 1.165) is 0 Å². The number of nitrogens with zero attached hydrogens (tertiary/aromatic N) is 2. The summed E-state index contributed by atoms with van der Waals surface area (Å²) in [5.74, 6) is -0.114. The van der Waals surface area contributed by atoms with Gasteiger partial charge in [-0.25, -0.2) is 9.59 Å². The molecule has 1 aromatic heterocycles. The van der Waals surface area contributed by atoms with Gasteiger partial charge in [0.25, 0.3) is 0 Å². The molecule has 20 heavy (non-hydrogen) atoms. The molecule has 0 radical (unpaired) electrons. The molecule has 3 N–H and O–H groups in total. The van der Waals surface area contributed by atoms with Crippen molar-refractivity contribution >= 4 is 12.0 Å². The van der Waals surface area contributed by atoms with Crippen LogP contribution in [-0.4, -0.2) is 39.8 Å². The van der Waals surface area contributed by atoms with Gasteiger partial charge in [-0.1, -0.05) is 25.9 Å². The number of carboxylic acids is 1. The molecular formula is C12H20N4O4. The van der Waals surface area contributed by atoms with Crippen LogP contribution in [-0.2, 0) is 11.2 Å². The van der Waals surface area contributed by atoms with Gasteiger partial charge >= 0.3 is 12.0 Å². The van der Waals surface area contributed by atoms with Crippen LogP contribution in [0.2, 0.25) is 0 Å². The molecule has 0 bridgehead atoms. The summed E-state index contributed by atoms with van der Waals surface area (Å²) in [7, 11) is 0. The standard InChI is InChI=1S/C12H20N4O4/c1-7-14-8(20-16-7)5-6-13-11(19)15-9(10(17)18)12(2,3)4/h9H,5-6H2,1-4H3,(H,17,18)(H2,13,15,19)/t9-/m0/s1. The minimum atomic E-state index is -1.07. The van der Waals surface area contributed by atoms with E-state index in [1.165, 1.54) is 0 Å². The van der Waals surface area contributed by atoms with Crippen LogP contribution in [0.4, 0.5) is 4.79 Å². The van der Waals surface area contributed by atoms with Crippen molar-refractivity contribution in [1.82, 2.24) is 20.8 Å². The average Bonchev–Trinajstić information content (AvgIpc) is 2.70. The van der Waals surface area contributed by atoms with Crippen LogP contribution in [0, 0.1) is 12.3 Å². The van der Waals surface area contributed by atoms with Gasteiger partial charge in [-0.2, -0.15) is 4.98 Å². The molecule has 0 aliphatic rings. The van der Waals surface area contributed by atoms with Crippen LogP contribution in [0.25, 0.3) is 0 Å². The number of carbonyl (C=O) groups excluding carboxylic acids is 1. The van der Waals surface area contributed by atoms with Crippen molar-refractivity contribution < 1.29 is 19.2 Å². The third-order valence-corrected chi connectivity index (χ3v) is 2.58. The van der Waals surface area contributed by atoms with Crippen LogP contribution in [0.5, 0.6) is 0 Å². The molecular weight excluding hydrogens is 264 g/mol. The zero-order chi connectivity index (χ0) is 15.3. The van der Waals surface area contributed by atoms with Crippen molar-refractivity contribution in [3.05, 3.63) is 11.7 Å². The Morgan fingerprint density at radius 3 is 2.50 bits per heavy atom. The van der Waals surface area contributed by atoms with Gasteiger partial charge < -0.3 is 20.3 Å². The lowest BCUT2D eigenvalue weighted by molar-refractivity contribution is -0.141. The summed E-state index contributed by atoms with van der Waals surface area (Å²) in [6.07, 6.45) is 0.390. The normalized spacial score (nSPS) is 12.8. The van der Waals surface area contributed by atoms with Crippen molar-refractivity contribution in [2.45, 2.75) is 40.2 Å². The van der Waals surface area contributed by atoms with Crippen molar-refractivity contribution in [2.24, 2.45) is 5.41 Å². The Balaban J connectivity index is 2.41. The molecule has 1 rings (SSSR count). The second-order valence-electron chi connectivity index (χ2n) is 5.52. The highest BCUT2D eigenvalue weighted by Gasteiger charge is 2.32. The fraction of sp³-hybridized carbons (Fsp3) is 0.667. The SMILES string of the molecule is Cc1noc(CCNC(=O)N[C@@H](C(=O)O)C(C)(C)C)n1. The predicted octanol–water partition coefficient (Wildman–Crippen LogP) is 0.719. The zero-order valence-electron chi connectivity index (χ0n) is 12.1. The van der Waals surface area contributed by atoms with E-state index >= 15 is 0 Å². The number of aromatic nitrogens is 2. The van der Waals surface area contributed by atoms with E-state index in [0.29, 0.717) is 18.1 Å². The number of amides is 2. The number of nitrogens with one attached hydrogen (secondary N) is 2. The molecule has 2 amide bonds. The maximum atomic E-state index is 11.6. The van der Waals surface area contributed by atoms with E-state index in [4.69, 9.17) is 9.63 Å². The van der Waals surface area contributed by atoms with Crippen molar-refractivity contribution in [3.63, 3.8) is 0 Å². The van der Waals surface area contributed by atoms with Gasteiger partial charge in [-0.05, 0) is 12.3 Å². The Hall–Kier alpha value is -2.12. The van der Waals surface area contributed by atoms with Gasteiger partial charge in [0.1, 0.15) is 6.04 Å². The van der Waals surface area contributed by atoms with E-state index in [2.05, 4.69) is 20.8 Å². The summed E-state index contributed by atoms with van der Waals surface area (Å²) in [5.41, 5.74) is -0.577. The second-order valence-corrected chi connectivity index (χ2v) is 5.52. The molecule has 0 aliphatic heterocycles. The molecule has 0 spiro atoms. The molecule has 0 saturated carbocycles. The Labute approximate surface area is 116 Å². The summed E-state index contributed by atoms with van der Waals surface area (Å²) in [6, 6.07) is -1.50. The highest BCUT2D eigenvalue weighted by Crippen LogP contribution is 2.19. The zero-order valence-corrected chi connectivity index (χ0v) is 12.1. The highest BCUT2D eigenvalue weighted by atomic mass is 16.5. The summed E-state index contributed by atoms with van der Waals surface area (Å²) >= 11 is 0. The number of hydrogen-bond acceptors (Lipinski definition) is 5.